The van der Waals surface area contributed by atoms with Gasteiger partial charge >= 0.3 is 12.1 Å². The van der Waals surface area contributed by atoms with Crippen LogP contribution in [0.15, 0.2) is 18.2 Å². The maximum absolute atomic E-state index is 11.9. The van der Waals surface area contributed by atoms with E-state index >= 15 is 0 Å². The quantitative estimate of drug-likeness (QED) is 0.722. The summed E-state index contributed by atoms with van der Waals surface area (Å²) >= 11 is 0. The summed E-state index contributed by atoms with van der Waals surface area (Å²) in [6.07, 6.45) is -0.603. The fraction of sp³-hybridized carbons (Fsp3) is 0.556. The molecule has 140 valence electrons. The van der Waals surface area contributed by atoms with E-state index in [1.807, 2.05) is 13.1 Å². The van der Waals surface area contributed by atoms with Gasteiger partial charge in [-0.2, -0.15) is 0 Å². The third kappa shape index (κ3) is 6.08. The van der Waals surface area contributed by atoms with Crippen LogP contribution in [0.4, 0.5) is 10.5 Å². The number of carboxylic acids is 1. The zero-order valence-electron chi connectivity index (χ0n) is 16.3. The molecular formula is C18H29NO5Si. The SMILES string of the molecule is CC(C)(C)OC(=O)Nc1ccc(C(=O)O)c(O[Si](C)(C)C(C)(C)C)c1. The molecule has 0 aliphatic carbocycles. The number of anilines is 1. The molecule has 0 saturated carbocycles. The number of nitrogens with one attached hydrogen (secondary N) is 1. The van der Waals surface area contributed by atoms with Crippen LogP contribution >= 0.6 is 0 Å². The molecule has 0 unspecified atom stereocenters. The van der Waals surface area contributed by atoms with E-state index in [1.165, 1.54) is 18.2 Å². The number of hydrogen-bond acceptors (Lipinski definition) is 4. The zero-order valence-corrected chi connectivity index (χ0v) is 17.3. The van der Waals surface area contributed by atoms with Crippen molar-refractivity contribution in [1.29, 1.82) is 0 Å². The van der Waals surface area contributed by atoms with Crippen molar-refractivity contribution >= 4 is 26.1 Å². The average Bonchev–Trinajstić information content (AvgIpc) is 2.33. The number of rotatable bonds is 4. The molecule has 0 fully saturated rings. The van der Waals surface area contributed by atoms with Gasteiger partial charge in [-0.25, -0.2) is 9.59 Å². The molecule has 0 bridgehead atoms. The van der Waals surface area contributed by atoms with Gasteiger partial charge in [0.2, 0.25) is 0 Å². The van der Waals surface area contributed by atoms with E-state index < -0.39 is 26.0 Å². The Labute approximate surface area is 150 Å². The minimum atomic E-state index is -2.23. The zero-order chi connectivity index (χ0) is 19.6. The number of amides is 1. The molecule has 1 aromatic carbocycles. The predicted octanol–water partition coefficient (Wildman–Crippen LogP) is 5.12. The largest absolute Gasteiger partial charge is 0.543 e. The smallest absolute Gasteiger partial charge is 0.412 e. The second-order valence-electron chi connectivity index (χ2n) is 8.51. The molecule has 0 aliphatic heterocycles. The number of carbonyl (C=O) groups is 2. The fourth-order valence-corrected chi connectivity index (χ4v) is 2.74. The lowest BCUT2D eigenvalue weighted by Gasteiger charge is -2.36. The van der Waals surface area contributed by atoms with Gasteiger partial charge in [0.1, 0.15) is 16.9 Å². The van der Waals surface area contributed by atoms with Gasteiger partial charge in [-0.15, -0.1) is 0 Å². The molecule has 25 heavy (non-hydrogen) atoms. The fourth-order valence-electron chi connectivity index (χ4n) is 1.71. The molecule has 1 rings (SSSR count). The molecule has 7 heteroatoms. The van der Waals surface area contributed by atoms with Crippen LogP contribution in [0.5, 0.6) is 5.75 Å². The minimum absolute atomic E-state index is 0.0690. The van der Waals surface area contributed by atoms with Gasteiger partial charge in [-0.3, -0.25) is 5.32 Å². The van der Waals surface area contributed by atoms with Gasteiger partial charge in [0.15, 0.2) is 0 Å². The first-order chi connectivity index (χ1) is 11.1. The van der Waals surface area contributed by atoms with Crippen LogP contribution in [0.3, 0.4) is 0 Å². The van der Waals surface area contributed by atoms with E-state index in [0.29, 0.717) is 5.69 Å². The summed E-state index contributed by atoms with van der Waals surface area (Å²) in [5.74, 6) is -0.815. The van der Waals surface area contributed by atoms with Crippen LogP contribution in [-0.2, 0) is 4.74 Å². The molecule has 0 radical (unpaired) electrons. The number of carbonyl (C=O) groups excluding carboxylic acids is 1. The Morgan fingerprint density at radius 3 is 2.08 bits per heavy atom. The van der Waals surface area contributed by atoms with Gasteiger partial charge < -0.3 is 14.3 Å². The Kier molecular flexibility index (Phi) is 5.95. The maximum Gasteiger partial charge on any atom is 0.412 e. The molecule has 1 amide bonds. The molecule has 0 saturated heterocycles. The summed E-state index contributed by atoms with van der Waals surface area (Å²) in [4.78, 5) is 23.4. The van der Waals surface area contributed by atoms with Crippen LogP contribution in [0.2, 0.25) is 18.1 Å². The number of ether oxygens (including phenoxy) is 1. The topological polar surface area (TPSA) is 84.9 Å². The second-order valence-corrected chi connectivity index (χ2v) is 13.2. The first kappa shape index (κ1) is 21.0. The van der Waals surface area contributed by atoms with Crippen molar-refractivity contribution in [3.8, 4) is 5.75 Å². The van der Waals surface area contributed by atoms with Crippen LogP contribution in [0.1, 0.15) is 51.9 Å². The second kappa shape index (κ2) is 7.07. The summed E-state index contributed by atoms with van der Waals surface area (Å²) in [5.41, 5.74) is -0.126. The van der Waals surface area contributed by atoms with Crippen molar-refractivity contribution in [2.75, 3.05) is 5.32 Å². The first-order valence-corrected chi connectivity index (χ1v) is 11.1. The number of aromatic carboxylic acids is 1. The van der Waals surface area contributed by atoms with Crippen LogP contribution < -0.4 is 9.74 Å². The summed E-state index contributed by atoms with van der Waals surface area (Å²) < 4.78 is 11.4. The molecule has 0 aromatic heterocycles. The summed E-state index contributed by atoms with van der Waals surface area (Å²) in [6.45, 7) is 15.6. The Morgan fingerprint density at radius 2 is 1.64 bits per heavy atom. The molecule has 0 aliphatic rings. The van der Waals surface area contributed by atoms with Crippen molar-refractivity contribution < 1.29 is 23.9 Å². The molecule has 2 N–H and O–H groups in total. The Morgan fingerprint density at radius 1 is 1.08 bits per heavy atom. The first-order valence-electron chi connectivity index (χ1n) is 8.19. The standard InChI is InChI=1S/C18H29NO5Si/c1-17(2,3)23-16(22)19-12-9-10-13(15(20)21)14(11-12)24-25(7,8)18(4,5)6/h9-11H,1-8H3,(H,19,22)(H,20,21). The maximum atomic E-state index is 11.9. The highest BCUT2D eigenvalue weighted by Crippen LogP contribution is 2.38. The van der Waals surface area contributed by atoms with E-state index in [2.05, 4.69) is 26.1 Å². The van der Waals surface area contributed by atoms with Gasteiger partial charge in [0.05, 0.1) is 0 Å². The lowest BCUT2D eigenvalue weighted by molar-refractivity contribution is 0.0634. The highest BCUT2D eigenvalue weighted by atomic mass is 28.4. The summed E-state index contributed by atoms with van der Waals surface area (Å²) in [5, 5.41) is 11.9. The monoisotopic (exact) mass is 367 g/mol. The van der Waals surface area contributed by atoms with E-state index in [0.717, 1.165) is 0 Å². The lowest BCUT2D eigenvalue weighted by atomic mass is 10.2. The number of hydrogen-bond donors (Lipinski definition) is 2. The van der Waals surface area contributed by atoms with E-state index in [9.17, 15) is 14.7 Å². The van der Waals surface area contributed by atoms with Gasteiger partial charge in [-0.05, 0) is 51.0 Å². The highest BCUT2D eigenvalue weighted by molar-refractivity contribution is 6.74. The lowest BCUT2D eigenvalue weighted by Crippen LogP contribution is -2.44. The van der Waals surface area contributed by atoms with Gasteiger partial charge in [0.25, 0.3) is 8.32 Å². The molecule has 1 aromatic rings. The Balaban J connectivity index is 3.14. The van der Waals surface area contributed by atoms with E-state index in [-0.39, 0.29) is 16.4 Å². The summed E-state index contributed by atoms with van der Waals surface area (Å²) in [6, 6.07) is 4.48. The summed E-state index contributed by atoms with van der Waals surface area (Å²) in [7, 11) is -2.23. The third-order valence-corrected chi connectivity index (χ3v) is 8.37. The Bertz CT molecular complexity index is 656. The average molecular weight is 368 g/mol. The third-order valence-electron chi connectivity index (χ3n) is 4.03. The number of benzene rings is 1. The van der Waals surface area contributed by atoms with Crippen molar-refractivity contribution in [3.63, 3.8) is 0 Å². The van der Waals surface area contributed by atoms with E-state index in [4.69, 9.17) is 9.16 Å². The number of carboxylic acid groups (broad SMARTS) is 1. The minimum Gasteiger partial charge on any atom is -0.543 e. The van der Waals surface area contributed by atoms with Crippen molar-refractivity contribution in [2.45, 2.75) is 65.3 Å². The predicted molar refractivity (Wildman–Crippen MR) is 101 cm³/mol. The molecule has 6 nitrogen and oxygen atoms in total. The van der Waals surface area contributed by atoms with E-state index in [1.54, 1.807) is 20.8 Å². The Hall–Kier alpha value is -2.02. The molecule has 0 heterocycles. The molecule has 0 atom stereocenters. The normalized spacial score (nSPS) is 12.5. The van der Waals surface area contributed by atoms with Crippen LogP contribution in [-0.4, -0.2) is 31.1 Å². The van der Waals surface area contributed by atoms with Gasteiger partial charge in [-0.1, -0.05) is 20.8 Å². The van der Waals surface area contributed by atoms with Gasteiger partial charge in [0, 0.05) is 11.8 Å². The van der Waals surface area contributed by atoms with Crippen LogP contribution in [0, 0.1) is 0 Å². The highest BCUT2D eigenvalue weighted by Gasteiger charge is 2.39. The molecule has 0 spiro atoms. The van der Waals surface area contributed by atoms with Crippen LogP contribution in [0.25, 0.3) is 0 Å². The van der Waals surface area contributed by atoms with Crippen molar-refractivity contribution in [1.82, 2.24) is 0 Å². The van der Waals surface area contributed by atoms with Crippen molar-refractivity contribution in [2.24, 2.45) is 0 Å². The molecular weight excluding hydrogens is 338 g/mol. The van der Waals surface area contributed by atoms with Crippen molar-refractivity contribution in [3.05, 3.63) is 23.8 Å².